The van der Waals surface area contributed by atoms with Crippen LogP contribution in [0.1, 0.15) is 29.0 Å². The van der Waals surface area contributed by atoms with Crippen molar-refractivity contribution >= 4 is 29.9 Å². The lowest BCUT2D eigenvalue weighted by molar-refractivity contribution is 0.0341. The standard InChI is InChI=1S/C22H32N6O.HI/c1-23-22(28-8-7-20(17-28)21-14-25-26(2)15-21)24-13-18-5-3-4-6-19(18)16-27-9-11-29-12-10-27;/h3-6,14-15,20H,7-13,16-17H2,1-2H3,(H,23,24);1H. The van der Waals surface area contributed by atoms with Crippen LogP contribution in [-0.2, 0) is 24.9 Å². The zero-order valence-electron chi connectivity index (χ0n) is 18.0. The Hall–Kier alpha value is -1.65. The molecule has 0 amide bonds. The number of rotatable bonds is 5. The Morgan fingerprint density at radius 1 is 1.20 bits per heavy atom. The molecule has 2 fully saturated rings. The van der Waals surface area contributed by atoms with Gasteiger partial charge in [0.25, 0.3) is 0 Å². The number of ether oxygens (including phenoxy) is 1. The fourth-order valence-corrected chi connectivity index (χ4v) is 4.27. The van der Waals surface area contributed by atoms with Crippen LogP contribution >= 0.6 is 24.0 Å². The maximum absolute atomic E-state index is 5.48. The molecule has 30 heavy (non-hydrogen) atoms. The summed E-state index contributed by atoms with van der Waals surface area (Å²) in [7, 11) is 3.85. The van der Waals surface area contributed by atoms with Crippen molar-refractivity contribution in [2.24, 2.45) is 12.0 Å². The summed E-state index contributed by atoms with van der Waals surface area (Å²) in [6.45, 7) is 7.46. The number of morpholine rings is 1. The number of halogens is 1. The van der Waals surface area contributed by atoms with Crippen LogP contribution in [0.2, 0.25) is 0 Å². The second-order valence-electron chi connectivity index (χ2n) is 7.94. The van der Waals surface area contributed by atoms with Crippen LogP contribution in [0.5, 0.6) is 0 Å². The summed E-state index contributed by atoms with van der Waals surface area (Å²) < 4.78 is 7.36. The first-order valence-electron chi connectivity index (χ1n) is 10.5. The molecular formula is C22H33IN6O. The molecule has 1 aromatic heterocycles. The monoisotopic (exact) mass is 524 g/mol. The third-order valence-electron chi connectivity index (χ3n) is 5.95. The van der Waals surface area contributed by atoms with Gasteiger partial charge in [-0.1, -0.05) is 24.3 Å². The number of aromatic nitrogens is 2. The predicted molar refractivity (Wildman–Crippen MR) is 130 cm³/mol. The Labute approximate surface area is 196 Å². The van der Waals surface area contributed by atoms with E-state index < -0.39 is 0 Å². The number of guanidine groups is 1. The minimum absolute atomic E-state index is 0. The quantitative estimate of drug-likeness (QED) is 0.370. The topological polar surface area (TPSA) is 57.9 Å². The van der Waals surface area contributed by atoms with Crippen molar-refractivity contribution in [3.8, 4) is 0 Å². The van der Waals surface area contributed by atoms with Crippen molar-refractivity contribution < 1.29 is 4.74 Å². The van der Waals surface area contributed by atoms with Crippen molar-refractivity contribution in [2.75, 3.05) is 46.4 Å². The van der Waals surface area contributed by atoms with Crippen LogP contribution < -0.4 is 5.32 Å². The van der Waals surface area contributed by atoms with Gasteiger partial charge in [0.05, 0.1) is 19.4 Å². The number of aryl methyl sites for hydroxylation is 1. The largest absolute Gasteiger partial charge is 0.379 e. The van der Waals surface area contributed by atoms with Gasteiger partial charge in [-0.05, 0) is 23.1 Å². The molecule has 0 bridgehead atoms. The molecular weight excluding hydrogens is 491 g/mol. The highest BCUT2D eigenvalue weighted by atomic mass is 127. The zero-order chi connectivity index (χ0) is 20.1. The van der Waals surface area contributed by atoms with Gasteiger partial charge in [0.1, 0.15) is 0 Å². The van der Waals surface area contributed by atoms with Gasteiger partial charge in [-0.3, -0.25) is 14.6 Å². The molecule has 7 nitrogen and oxygen atoms in total. The van der Waals surface area contributed by atoms with Crippen molar-refractivity contribution in [1.29, 1.82) is 0 Å². The molecule has 0 aliphatic carbocycles. The number of aliphatic imine (C=N–C) groups is 1. The van der Waals surface area contributed by atoms with Gasteiger partial charge < -0.3 is 15.0 Å². The lowest BCUT2D eigenvalue weighted by Gasteiger charge is -2.28. The number of hydrogen-bond donors (Lipinski definition) is 1. The Morgan fingerprint density at radius 3 is 2.67 bits per heavy atom. The molecule has 2 aliphatic heterocycles. The summed E-state index contributed by atoms with van der Waals surface area (Å²) in [5.74, 6) is 1.51. The Bertz CT molecular complexity index is 833. The zero-order valence-corrected chi connectivity index (χ0v) is 20.3. The summed E-state index contributed by atoms with van der Waals surface area (Å²) in [6.07, 6.45) is 5.26. The van der Waals surface area contributed by atoms with E-state index in [9.17, 15) is 0 Å². The van der Waals surface area contributed by atoms with Crippen molar-refractivity contribution in [2.45, 2.75) is 25.4 Å². The molecule has 3 heterocycles. The van der Waals surface area contributed by atoms with Crippen LogP contribution in [0.4, 0.5) is 0 Å². The average Bonchev–Trinajstić information content (AvgIpc) is 3.40. The summed E-state index contributed by atoms with van der Waals surface area (Å²) in [5, 5.41) is 7.92. The van der Waals surface area contributed by atoms with E-state index >= 15 is 0 Å². The van der Waals surface area contributed by atoms with Crippen molar-refractivity contribution in [3.05, 3.63) is 53.3 Å². The van der Waals surface area contributed by atoms with Crippen LogP contribution in [-0.4, -0.2) is 72.0 Å². The molecule has 2 saturated heterocycles. The highest BCUT2D eigenvalue weighted by molar-refractivity contribution is 14.0. The molecule has 1 unspecified atom stereocenters. The molecule has 0 saturated carbocycles. The fraction of sp³-hybridized carbons (Fsp3) is 0.545. The lowest BCUT2D eigenvalue weighted by Crippen LogP contribution is -2.40. The van der Waals surface area contributed by atoms with E-state index in [1.165, 1.54) is 16.7 Å². The van der Waals surface area contributed by atoms with Gasteiger partial charge in [0.2, 0.25) is 0 Å². The minimum Gasteiger partial charge on any atom is -0.379 e. The molecule has 1 atom stereocenters. The third kappa shape index (κ3) is 5.73. The SMILES string of the molecule is CN=C(NCc1ccccc1CN1CCOCC1)N1CCC(c2cnn(C)c2)C1.I. The first-order chi connectivity index (χ1) is 14.2. The number of nitrogens with zero attached hydrogens (tertiary/aromatic N) is 5. The van der Waals surface area contributed by atoms with E-state index in [1.54, 1.807) is 0 Å². The first-order valence-corrected chi connectivity index (χ1v) is 10.5. The second kappa shape index (κ2) is 11.1. The van der Waals surface area contributed by atoms with E-state index in [0.29, 0.717) is 5.92 Å². The van der Waals surface area contributed by atoms with Crippen molar-refractivity contribution in [1.82, 2.24) is 24.9 Å². The van der Waals surface area contributed by atoms with Crippen LogP contribution in [0.25, 0.3) is 0 Å². The summed E-state index contributed by atoms with van der Waals surface area (Å²) in [4.78, 5) is 9.38. The van der Waals surface area contributed by atoms with E-state index in [2.05, 4.69) is 55.7 Å². The van der Waals surface area contributed by atoms with Gasteiger partial charge in [-0.25, -0.2) is 0 Å². The van der Waals surface area contributed by atoms with Gasteiger partial charge in [-0.15, -0.1) is 24.0 Å². The lowest BCUT2D eigenvalue weighted by atomic mass is 10.0. The van der Waals surface area contributed by atoms with E-state index in [1.807, 2.05) is 25.0 Å². The highest BCUT2D eigenvalue weighted by Gasteiger charge is 2.27. The predicted octanol–water partition coefficient (Wildman–Crippen LogP) is 2.44. The number of nitrogens with one attached hydrogen (secondary N) is 1. The van der Waals surface area contributed by atoms with E-state index in [4.69, 9.17) is 4.74 Å². The molecule has 1 aromatic carbocycles. The number of likely N-dealkylation sites (tertiary alicyclic amines) is 1. The first kappa shape index (κ1) is 23.0. The van der Waals surface area contributed by atoms with Crippen molar-refractivity contribution in [3.63, 3.8) is 0 Å². The van der Waals surface area contributed by atoms with Crippen LogP contribution in [0.15, 0.2) is 41.7 Å². The average molecular weight is 524 g/mol. The Balaban J connectivity index is 0.00000256. The smallest absolute Gasteiger partial charge is 0.193 e. The van der Waals surface area contributed by atoms with Gasteiger partial charge in [0.15, 0.2) is 5.96 Å². The minimum atomic E-state index is 0. The Morgan fingerprint density at radius 2 is 1.97 bits per heavy atom. The number of hydrogen-bond acceptors (Lipinski definition) is 4. The maximum atomic E-state index is 5.48. The molecule has 0 radical (unpaired) electrons. The molecule has 4 rings (SSSR count). The molecule has 1 N–H and O–H groups in total. The summed E-state index contributed by atoms with van der Waals surface area (Å²) >= 11 is 0. The third-order valence-corrected chi connectivity index (χ3v) is 5.95. The van der Waals surface area contributed by atoms with Gasteiger partial charge >= 0.3 is 0 Å². The fourth-order valence-electron chi connectivity index (χ4n) is 4.27. The van der Waals surface area contributed by atoms with E-state index in [0.717, 1.165) is 64.9 Å². The normalized spacial score (nSPS) is 20.3. The van der Waals surface area contributed by atoms with Crippen LogP contribution in [0, 0.1) is 0 Å². The summed E-state index contributed by atoms with van der Waals surface area (Å²) in [6, 6.07) is 8.71. The summed E-state index contributed by atoms with van der Waals surface area (Å²) in [5.41, 5.74) is 4.04. The highest BCUT2D eigenvalue weighted by Crippen LogP contribution is 2.26. The molecule has 8 heteroatoms. The molecule has 2 aliphatic rings. The molecule has 0 spiro atoms. The van der Waals surface area contributed by atoms with Gasteiger partial charge in [0, 0.05) is 65.5 Å². The Kier molecular flexibility index (Phi) is 8.52. The van der Waals surface area contributed by atoms with E-state index in [-0.39, 0.29) is 24.0 Å². The molecule has 2 aromatic rings. The maximum Gasteiger partial charge on any atom is 0.193 e. The van der Waals surface area contributed by atoms with Crippen LogP contribution in [0.3, 0.4) is 0 Å². The number of benzene rings is 1. The molecule has 164 valence electrons. The van der Waals surface area contributed by atoms with Gasteiger partial charge in [-0.2, -0.15) is 5.10 Å². The second-order valence-corrected chi connectivity index (χ2v) is 7.94.